The highest BCUT2D eigenvalue weighted by Crippen LogP contribution is 2.24. The number of amides is 1. The zero-order chi connectivity index (χ0) is 17.5. The van der Waals surface area contributed by atoms with Gasteiger partial charge in [-0.2, -0.15) is 0 Å². The van der Waals surface area contributed by atoms with Crippen molar-refractivity contribution in [3.05, 3.63) is 102 Å². The van der Waals surface area contributed by atoms with Gasteiger partial charge in [-0.15, -0.1) is 0 Å². The number of aromatic hydroxyl groups is 1. The van der Waals surface area contributed by atoms with E-state index >= 15 is 0 Å². The molecule has 1 amide bonds. The van der Waals surface area contributed by atoms with E-state index in [2.05, 4.69) is 29.6 Å². The molecule has 0 atom stereocenters. The summed E-state index contributed by atoms with van der Waals surface area (Å²) in [6, 6.07) is 27.2. The predicted molar refractivity (Wildman–Crippen MR) is 99.5 cm³/mol. The van der Waals surface area contributed by atoms with Crippen molar-refractivity contribution in [3.63, 3.8) is 0 Å². The van der Waals surface area contributed by atoms with Crippen LogP contribution in [0.15, 0.2) is 84.9 Å². The fourth-order valence-electron chi connectivity index (χ4n) is 2.91. The van der Waals surface area contributed by atoms with Crippen LogP contribution in [0.4, 0.5) is 0 Å². The van der Waals surface area contributed by atoms with Crippen LogP contribution in [-0.4, -0.2) is 17.6 Å². The van der Waals surface area contributed by atoms with Crippen LogP contribution in [0.25, 0.3) is 0 Å². The Bertz CT molecular complexity index is 776. The fourth-order valence-corrected chi connectivity index (χ4v) is 2.91. The van der Waals surface area contributed by atoms with Crippen molar-refractivity contribution in [1.82, 2.24) is 5.32 Å². The molecule has 0 saturated carbocycles. The number of carbonyl (C=O) groups excluding carboxylic acids is 1. The molecule has 0 aliphatic carbocycles. The van der Waals surface area contributed by atoms with Crippen molar-refractivity contribution in [2.75, 3.05) is 6.54 Å². The van der Waals surface area contributed by atoms with E-state index in [1.165, 1.54) is 0 Å². The molecule has 3 nitrogen and oxygen atoms in total. The molecule has 3 rings (SSSR count). The lowest BCUT2D eigenvalue weighted by molar-refractivity contribution is -0.120. The molecule has 2 N–H and O–H groups in total. The van der Waals surface area contributed by atoms with Gasteiger partial charge >= 0.3 is 0 Å². The summed E-state index contributed by atoms with van der Waals surface area (Å²) in [7, 11) is 0. The number of para-hydroxylation sites is 1. The first-order chi connectivity index (χ1) is 12.2. The predicted octanol–water partition coefficient (Wildman–Crippen LogP) is 3.88. The number of phenols is 1. The van der Waals surface area contributed by atoms with Gasteiger partial charge in [-0.1, -0.05) is 78.9 Å². The summed E-state index contributed by atoms with van der Waals surface area (Å²) in [6.07, 6.45) is 0.170. The van der Waals surface area contributed by atoms with Crippen LogP contribution >= 0.6 is 0 Å². The minimum atomic E-state index is -0.0987. The smallest absolute Gasteiger partial charge is 0.224 e. The number of carbonyl (C=O) groups is 1. The maximum Gasteiger partial charge on any atom is 0.224 e. The van der Waals surface area contributed by atoms with Gasteiger partial charge in [-0.3, -0.25) is 4.79 Å². The molecule has 0 unspecified atom stereocenters. The van der Waals surface area contributed by atoms with Crippen LogP contribution in [0, 0.1) is 0 Å². The van der Waals surface area contributed by atoms with Gasteiger partial charge in [-0.05, 0) is 17.2 Å². The monoisotopic (exact) mass is 331 g/mol. The van der Waals surface area contributed by atoms with Gasteiger partial charge in [0.15, 0.2) is 0 Å². The summed E-state index contributed by atoms with van der Waals surface area (Å²) in [5, 5.41) is 12.8. The van der Waals surface area contributed by atoms with E-state index in [1.54, 1.807) is 18.2 Å². The first-order valence-electron chi connectivity index (χ1n) is 8.37. The van der Waals surface area contributed by atoms with Crippen molar-refractivity contribution in [1.29, 1.82) is 0 Å². The molecular formula is C22H21NO2. The first kappa shape index (κ1) is 16.8. The Morgan fingerprint density at radius 2 is 1.32 bits per heavy atom. The number of nitrogens with one attached hydrogen (secondary N) is 1. The van der Waals surface area contributed by atoms with Gasteiger partial charge in [0, 0.05) is 18.0 Å². The fraction of sp³-hybridized carbons (Fsp3) is 0.136. The minimum absolute atomic E-state index is 0.0933. The molecular weight excluding hydrogens is 310 g/mol. The summed E-state index contributed by atoms with van der Waals surface area (Å²) < 4.78 is 0. The van der Waals surface area contributed by atoms with Crippen molar-refractivity contribution in [2.45, 2.75) is 12.3 Å². The molecule has 0 spiro atoms. The molecule has 3 aromatic carbocycles. The maximum atomic E-state index is 12.3. The average molecular weight is 331 g/mol. The second-order valence-electron chi connectivity index (χ2n) is 5.98. The molecule has 126 valence electrons. The number of hydrogen-bond donors (Lipinski definition) is 2. The van der Waals surface area contributed by atoms with Gasteiger partial charge in [0.05, 0.1) is 6.42 Å². The van der Waals surface area contributed by atoms with Crippen LogP contribution in [-0.2, 0) is 11.2 Å². The van der Waals surface area contributed by atoms with Crippen molar-refractivity contribution >= 4 is 5.91 Å². The molecule has 0 fully saturated rings. The van der Waals surface area contributed by atoms with Crippen LogP contribution in [0.1, 0.15) is 22.6 Å². The summed E-state index contributed by atoms with van der Waals surface area (Å²) >= 11 is 0. The van der Waals surface area contributed by atoms with E-state index in [9.17, 15) is 9.90 Å². The van der Waals surface area contributed by atoms with E-state index < -0.39 is 0 Å². The SMILES string of the molecule is O=C(Cc1ccccc1O)NCC(c1ccccc1)c1ccccc1. The summed E-state index contributed by atoms with van der Waals surface area (Å²) in [4.78, 5) is 12.3. The molecule has 0 heterocycles. The van der Waals surface area contributed by atoms with Gasteiger partial charge in [0.2, 0.25) is 5.91 Å². The Labute approximate surface area is 148 Å². The van der Waals surface area contributed by atoms with Gasteiger partial charge in [0.1, 0.15) is 5.75 Å². The third kappa shape index (κ3) is 4.48. The van der Waals surface area contributed by atoms with Gasteiger partial charge < -0.3 is 10.4 Å². The Hall–Kier alpha value is -3.07. The Morgan fingerprint density at radius 3 is 1.88 bits per heavy atom. The lowest BCUT2D eigenvalue weighted by Crippen LogP contribution is -2.30. The van der Waals surface area contributed by atoms with Crippen molar-refractivity contribution in [3.8, 4) is 5.75 Å². The molecule has 0 radical (unpaired) electrons. The largest absolute Gasteiger partial charge is 0.508 e. The Morgan fingerprint density at radius 1 is 0.800 bits per heavy atom. The summed E-state index contributed by atoms with van der Waals surface area (Å²) in [6.45, 7) is 0.514. The van der Waals surface area contributed by atoms with E-state index in [0.29, 0.717) is 12.1 Å². The number of benzene rings is 3. The van der Waals surface area contributed by atoms with Crippen LogP contribution in [0.5, 0.6) is 5.75 Å². The lowest BCUT2D eigenvalue weighted by Gasteiger charge is -2.19. The van der Waals surface area contributed by atoms with Crippen LogP contribution in [0.2, 0.25) is 0 Å². The highest BCUT2D eigenvalue weighted by atomic mass is 16.3. The topological polar surface area (TPSA) is 49.3 Å². The zero-order valence-electron chi connectivity index (χ0n) is 13.9. The van der Waals surface area contributed by atoms with E-state index in [4.69, 9.17) is 0 Å². The molecule has 3 heteroatoms. The third-order valence-corrected chi connectivity index (χ3v) is 4.25. The molecule has 0 aliphatic heterocycles. The standard InChI is InChI=1S/C22H21NO2/c24-21-14-8-7-13-19(21)15-22(25)23-16-20(17-9-3-1-4-10-17)18-11-5-2-6-12-18/h1-14,20,24H,15-16H2,(H,23,25). The van der Waals surface area contributed by atoms with Crippen molar-refractivity contribution < 1.29 is 9.90 Å². The van der Waals surface area contributed by atoms with E-state index in [0.717, 1.165) is 11.1 Å². The Balaban J connectivity index is 1.71. The first-order valence-corrected chi connectivity index (χ1v) is 8.37. The number of rotatable bonds is 6. The second-order valence-corrected chi connectivity index (χ2v) is 5.98. The summed E-state index contributed by atoms with van der Waals surface area (Å²) in [5.74, 6) is 0.148. The number of phenolic OH excluding ortho intramolecular Hbond substituents is 1. The second kappa shape index (κ2) is 8.15. The minimum Gasteiger partial charge on any atom is -0.508 e. The van der Waals surface area contributed by atoms with Crippen molar-refractivity contribution in [2.24, 2.45) is 0 Å². The van der Waals surface area contributed by atoms with Crippen LogP contribution in [0.3, 0.4) is 0 Å². The van der Waals surface area contributed by atoms with E-state index in [1.807, 2.05) is 42.5 Å². The molecule has 3 aromatic rings. The molecule has 0 aliphatic rings. The molecule has 0 aromatic heterocycles. The van der Waals surface area contributed by atoms with E-state index in [-0.39, 0.29) is 24.0 Å². The molecule has 0 saturated heterocycles. The lowest BCUT2D eigenvalue weighted by atomic mass is 9.91. The van der Waals surface area contributed by atoms with Crippen LogP contribution < -0.4 is 5.32 Å². The van der Waals surface area contributed by atoms with Gasteiger partial charge in [-0.25, -0.2) is 0 Å². The Kier molecular flexibility index (Phi) is 5.47. The quantitative estimate of drug-likeness (QED) is 0.720. The number of hydrogen-bond acceptors (Lipinski definition) is 2. The normalized spacial score (nSPS) is 10.6. The third-order valence-electron chi connectivity index (χ3n) is 4.25. The zero-order valence-corrected chi connectivity index (χ0v) is 13.9. The van der Waals surface area contributed by atoms with Gasteiger partial charge in [0.25, 0.3) is 0 Å². The molecule has 0 bridgehead atoms. The highest BCUT2D eigenvalue weighted by molar-refractivity contribution is 5.79. The average Bonchev–Trinajstić information content (AvgIpc) is 2.66. The highest BCUT2D eigenvalue weighted by Gasteiger charge is 2.15. The summed E-state index contributed by atoms with van der Waals surface area (Å²) in [5.41, 5.74) is 2.96. The maximum absolute atomic E-state index is 12.3. The molecule has 25 heavy (non-hydrogen) atoms.